The Morgan fingerprint density at radius 1 is 1.00 bits per heavy atom. The number of hydrogen-bond acceptors (Lipinski definition) is 1. The molecule has 0 aliphatic rings. The molecule has 1 aromatic rings. The second-order valence-corrected chi connectivity index (χ2v) is 1.65. The predicted octanol–water partition coefficient (Wildman–Crippen LogP) is 2.54. The first-order valence-electron chi connectivity index (χ1n) is 2.86. The number of hydrogen-bond donors (Lipinski definition) is 1. The fourth-order valence-corrected chi connectivity index (χ4v) is 0.534. The molecule has 0 radical (unpaired) electrons. The van der Waals surface area contributed by atoms with Crippen molar-refractivity contribution in [1.82, 2.24) is 0 Å². The van der Waals surface area contributed by atoms with Crippen LogP contribution in [0.1, 0.15) is 5.56 Å². The fourth-order valence-electron chi connectivity index (χ4n) is 0.534. The molecule has 0 aliphatic heterocycles. The Bertz CT molecular complexity index is 134. The molecule has 0 aliphatic carbocycles. The van der Waals surface area contributed by atoms with Crippen LogP contribution in [-0.2, 0) is 0 Å². The van der Waals surface area contributed by atoms with Crippen molar-refractivity contribution in [3.05, 3.63) is 35.9 Å². The molecule has 1 aromatic carbocycles. The molecular weight excluding hydrogens is 128 g/mol. The second kappa shape index (κ2) is 5.70. The third kappa shape index (κ3) is 4.10. The van der Waals surface area contributed by atoms with Crippen LogP contribution in [-0.4, -0.2) is 6.26 Å². The first-order valence-corrected chi connectivity index (χ1v) is 3.75. The van der Waals surface area contributed by atoms with Crippen LogP contribution in [0.25, 0.3) is 0 Å². The first-order chi connectivity index (χ1) is 4.39. The van der Waals surface area contributed by atoms with Gasteiger partial charge in [0.1, 0.15) is 0 Å². The highest BCUT2D eigenvalue weighted by Gasteiger charge is 1.72. The van der Waals surface area contributed by atoms with Gasteiger partial charge in [-0.05, 0) is 13.2 Å². The molecule has 9 heavy (non-hydrogen) atoms. The molecule has 0 atom stereocenters. The molecule has 0 aromatic heterocycles. The van der Waals surface area contributed by atoms with E-state index in [1.165, 1.54) is 5.56 Å². The lowest BCUT2D eigenvalue weighted by Gasteiger charge is -1.82. The maximum absolute atomic E-state index is 3.53. The normalized spacial score (nSPS) is 7.44. The SMILES string of the molecule is CS.Cc1ccccc1. The molecule has 0 heterocycles. The summed E-state index contributed by atoms with van der Waals surface area (Å²) < 4.78 is 0. The van der Waals surface area contributed by atoms with Crippen LogP contribution < -0.4 is 0 Å². The predicted molar refractivity (Wildman–Crippen MR) is 46.1 cm³/mol. The van der Waals surface area contributed by atoms with Gasteiger partial charge in [0.2, 0.25) is 0 Å². The highest BCUT2D eigenvalue weighted by Crippen LogP contribution is 1.92. The Balaban J connectivity index is 0.000000291. The summed E-state index contributed by atoms with van der Waals surface area (Å²) in [5.41, 5.74) is 1.32. The van der Waals surface area contributed by atoms with Crippen LogP contribution in [0, 0.1) is 6.92 Å². The molecule has 0 bridgehead atoms. The molecule has 0 fully saturated rings. The van der Waals surface area contributed by atoms with Crippen molar-refractivity contribution in [2.45, 2.75) is 6.92 Å². The molecule has 0 unspecified atom stereocenters. The van der Waals surface area contributed by atoms with Crippen molar-refractivity contribution < 1.29 is 0 Å². The quantitative estimate of drug-likeness (QED) is 0.526. The Morgan fingerprint density at radius 2 is 1.44 bits per heavy atom. The lowest BCUT2D eigenvalue weighted by Crippen LogP contribution is -1.62. The van der Waals surface area contributed by atoms with E-state index >= 15 is 0 Å². The Morgan fingerprint density at radius 3 is 1.67 bits per heavy atom. The molecule has 0 N–H and O–H groups in total. The van der Waals surface area contributed by atoms with E-state index < -0.39 is 0 Å². The maximum atomic E-state index is 3.53. The van der Waals surface area contributed by atoms with Crippen LogP contribution in [0.15, 0.2) is 30.3 Å². The van der Waals surface area contributed by atoms with Gasteiger partial charge in [-0.15, -0.1) is 0 Å². The minimum Gasteiger partial charge on any atom is -0.183 e. The van der Waals surface area contributed by atoms with E-state index in [9.17, 15) is 0 Å². The van der Waals surface area contributed by atoms with Gasteiger partial charge in [0.05, 0.1) is 0 Å². The smallest absolute Gasteiger partial charge is 0.0215 e. The van der Waals surface area contributed by atoms with Crippen molar-refractivity contribution in [1.29, 1.82) is 0 Å². The lowest BCUT2D eigenvalue weighted by atomic mass is 10.2. The minimum absolute atomic E-state index is 1.32. The van der Waals surface area contributed by atoms with Gasteiger partial charge < -0.3 is 0 Å². The van der Waals surface area contributed by atoms with E-state index in [0.717, 1.165) is 0 Å². The van der Waals surface area contributed by atoms with Gasteiger partial charge in [-0.25, -0.2) is 0 Å². The molecule has 0 saturated carbocycles. The van der Waals surface area contributed by atoms with Gasteiger partial charge in [0.25, 0.3) is 0 Å². The zero-order valence-electron chi connectivity index (χ0n) is 5.83. The summed E-state index contributed by atoms with van der Waals surface area (Å²) in [6.45, 7) is 2.08. The largest absolute Gasteiger partial charge is 0.183 e. The molecular formula is C8H12S. The molecule has 0 nitrogen and oxygen atoms in total. The van der Waals surface area contributed by atoms with Crippen LogP contribution in [0.4, 0.5) is 0 Å². The molecule has 1 heteroatoms. The molecule has 1 rings (SSSR count). The van der Waals surface area contributed by atoms with E-state index in [1.54, 1.807) is 6.26 Å². The standard InChI is InChI=1S/C7H8.CH4S/c1-7-5-3-2-4-6-7;1-2/h2-6H,1H3;2H,1H3. The number of thiol groups is 1. The van der Waals surface area contributed by atoms with E-state index in [0.29, 0.717) is 0 Å². The monoisotopic (exact) mass is 140 g/mol. The third-order valence-electron chi connectivity index (χ3n) is 0.940. The van der Waals surface area contributed by atoms with Gasteiger partial charge in [-0.1, -0.05) is 35.9 Å². The molecule has 0 amide bonds. The summed E-state index contributed by atoms with van der Waals surface area (Å²) >= 11 is 3.53. The van der Waals surface area contributed by atoms with Crippen molar-refractivity contribution in [3.8, 4) is 0 Å². The molecule has 0 spiro atoms. The van der Waals surface area contributed by atoms with E-state index in [2.05, 4.69) is 31.7 Å². The van der Waals surface area contributed by atoms with Crippen molar-refractivity contribution in [2.24, 2.45) is 0 Å². The van der Waals surface area contributed by atoms with E-state index in [4.69, 9.17) is 0 Å². The third-order valence-corrected chi connectivity index (χ3v) is 0.940. The summed E-state index contributed by atoms with van der Waals surface area (Å²) in [6, 6.07) is 10.3. The average Bonchev–Trinajstić information content (AvgIpc) is 1.94. The zero-order valence-corrected chi connectivity index (χ0v) is 6.73. The number of rotatable bonds is 0. The lowest BCUT2D eigenvalue weighted by molar-refractivity contribution is 1.48. The van der Waals surface area contributed by atoms with Crippen LogP contribution in [0.2, 0.25) is 0 Å². The summed E-state index contributed by atoms with van der Waals surface area (Å²) in [4.78, 5) is 0. The number of benzene rings is 1. The maximum Gasteiger partial charge on any atom is -0.0215 e. The minimum atomic E-state index is 1.32. The van der Waals surface area contributed by atoms with Gasteiger partial charge in [-0.2, -0.15) is 12.6 Å². The van der Waals surface area contributed by atoms with Crippen molar-refractivity contribution >= 4 is 12.6 Å². The molecule has 0 saturated heterocycles. The van der Waals surface area contributed by atoms with Crippen molar-refractivity contribution in [3.63, 3.8) is 0 Å². The summed E-state index contributed by atoms with van der Waals surface area (Å²) in [5.74, 6) is 0. The number of aryl methyl sites for hydroxylation is 1. The summed E-state index contributed by atoms with van der Waals surface area (Å²) in [6.07, 6.45) is 1.69. The van der Waals surface area contributed by atoms with E-state index in [-0.39, 0.29) is 0 Å². The van der Waals surface area contributed by atoms with Gasteiger partial charge >= 0.3 is 0 Å². The van der Waals surface area contributed by atoms with Gasteiger partial charge in [-0.3, -0.25) is 0 Å². The summed E-state index contributed by atoms with van der Waals surface area (Å²) in [5, 5.41) is 0. The second-order valence-electron chi connectivity index (χ2n) is 1.65. The highest BCUT2D eigenvalue weighted by molar-refractivity contribution is 7.79. The summed E-state index contributed by atoms with van der Waals surface area (Å²) in [7, 11) is 0. The van der Waals surface area contributed by atoms with Crippen molar-refractivity contribution in [2.75, 3.05) is 6.26 Å². The van der Waals surface area contributed by atoms with Crippen LogP contribution >= 0.6 is 12.6 Å². The Labute approximate surface area is 62.3 Å². The van der Waals surface area contributed by atoms with Crippen LogP contribution in [0.3, 0.4) is 0 Å². The first kappa shape index (κ1) is 8.57. The van der Waals surface area contributed by atoms with Crippen LogP contribution in [0.5, 0.6) is 0 Å². The Kier molecular flexibility index (Phi) is 5.43. The molecule has 50 valence electrons. The van der Waals surface area contributed by atoms with Gasteiger partial charge in [0.15, 0.2) is 0 Å². The Hall–Kier alpha value is -0.430. The van der Waals surface area contributed by atoms with E-state index in [1.807, 2.05) is 18.2 Å². The fraction of sp³-hybridized carbons (Fsp3) is 0.250. The van der Waals surface area contributed by atoms with Gasteiger partial charge in [0, 0.05) is 0 Å². The topological polar surface area (TPSA) is 0 Å². The highest BCUT2D eigenvalue weighted by atomic mass is 32.1. The zero-order chi connectivity index (χ0) is 7.11. The average molecular weight is 140 g/mol.